The molecule has 7 nitrogen and oxygen atoms in total. The van der Waals surface area contributed by atoms with E-state index in [0.29, 0.717) is 25.3 Å². The predicted octanol–water partition coefficient (Wildman–Crippen LogP) is -0.0267. The number of pyridine rings is 1. The number of anilines is 1. The number of ether oxygens (including phenoxy) is 2. The first kappa shape index (κ1) is 14.9. The Balaban J connectivity index is 2.26. The molecular weight excluding hydrogens is 250 g/mol. The third-order valence-corrected chi connectivity index (χ3v) is 2.18. The van der Waals surface area contributed by atoms with Crippen LogP contribution >= 0.6 is 0 Å². The molecular formula is C12H17N3O4. The number of carbonyl (C=O) groups excluding carboxylic acids is 2. The monoisotopic (exact) mass is 267 g/mol. The Morgan fingerprint density at radius 1 is 1.42 bits per heavy atom. The number of aromatic nitrogens is 1. The molecule has 0 atom stereocenters. The Morgan fingerprint density at radius 3 is 2.84 bits per heavy atom. The third kappa shape index (κ3) is 5.82. The average molecular weight is 267 g/mol. The Hall–Kier alpha value is -2.15. The molecule has 3 N–H and O–H groups in total. The minimum absolute atomic E-state index is 0.112. The summed E-state index contributed by atoms with van der Waals surface area (Å²) in [4.78, 5) is 26.6. The molecule has 1 heterocycles. The molecule has 0 fully saturated rings. The molecule has 1 aromatic rings. The maximum absolute atomic E-state index is 11.5. The zero-order chi connectivity index (χ0) is 14.1. The Morgan fingerprint density at radius 2 is 2.21 bits per heavy atom. The lowest BCUT2D eigenvalue weighted by atomic mass is 10.3. The number of amides is 1. The van der Waals surface area contributed by atoms with Gasteiger partial charge in [0.05, 0.1) is 11.9 Å². The van der Waals surface area contributed by atoms with E-state index in [2.05, 4.69) is 10.3 Å². The average Bonchev–Trinajstić information content (AvgIpc) is 2.42. The van der Waals surface area contributed by atoms with Gasteiger partial charge in [-0.15, -0.1) is 0 Å². The van der Waals surface area contributed by atoms with E-state index in [1.165, 1.54) is 18.3 Å². The molecule has 0 saturated carbocycles. The van der Waals surface area contributed by atoms with Gasteiger partial charge in [-0.2, -0.15) is 0 Å². The molecule has 104 valence electrons. The second kappa shape index (κ2) is 8.04. The van der Waals surface area contributed by atoms with Gasteiger partial charge in [-0.25, -0.2) is 9.78 Å². The van der Waals surface area contributed by atoms with Crippen LogP contribution in [0, 0.1) is 0 Å². The van der Waals surface area contributed by atoms with Crippen molar-refractivity contribution < 1.29 is 19.1 Å². The van der Waals surface area contributed by atoms with E-state index in [1.54, 1.807) is 7.11 Å². The number of rotatable bonds is 7. The number of nitrogens with one attached hydrogen (secondary N) is 1. The van der Waals surface area contributed by atoms with Gasteiger partial charge in [0.1, 0.15) is 5.69 Å². The summed E-state index contributed by atoms with van der Waals surface area (Å²) in [6.07, 6.45) is 2.05. The van der Waals surface area contributed by atoms with Crippen LogP contribution < -0.4 is 11.1 Å². The van der Waals surface area contributed by atoms with Crippen LogP contribution in [0.5, 0.6) is 0 Å². The number of hydrogen-bond donors (Lipinski definition) is 2. The van der Waals surface area contributed by atoms with Crippen molar-refractivity contribution in [1.29, 1.82) is 0 Å². The number of nitrogen functional groups attached to an aromatic ring is 1. The first-order valence-electron chi connectivity index (χ1n) is 5.77. The highest BCUT2D eigenvalue weighted by atomic mass is 16.5. The van der Waals surface area contributed by atoms with Crippen LogP contribution in [-0.2, 0) is 14.3 Å². The minimum Gasteiger partial charge on any atom is -0.451 e. The highest BCUT2D eigenvalue weighted by molar-refractivity contribution is 5.89. The number of nitrogens with zero attached hydrogens (tertiary/aromatic N) is 1. The molecule has 7 heteroatoms. The number of methoxy groups -OCH3 is 1. The summed E-state index contributed by atoms with van der Waals surface area (Å²) in [5.41, 5.74) is 6.00. The van der Waals surface area contributed by atoms with E-state index in [-0.39, 0.29) is 18.2 Å². The third-order valence-electron chi connectivity index (χ3n) is 2.18. The van der Waals surface area contributed by atoms with Crippen LogP contribution in [0.2, 0.25) is 0 Å². The first-order chi connectivity index (χ1) is 9.13. The van der Waals surface area contributed by atoms with Crippen molar-refractivity contribution in [1.82, 2.24) is 10.3 Å². The first-order valence-corrected chi connectivity index (χ1v) is 5.77. The van der Waals surface area contributed by atoms with Crippen molar-refractivity contribution in [2.75, 3.05) is 32.6 Å². The van der Waals surface area contributed by atoms with E-state index in [9.17, 15) is 9.59 Å². The fourth-order valence-corrected chi connectivity index (χ4v) is 1.23. The summed E-state index contributed by atoms with van der Waals surface area (Å²) in [6, 6.07) is 2.97. The molecule has 0 aliphatic carbocycles. The number of nitrogens with two attached hydrogens (primary N) is 1. The van der Waals surface area contributed by atoms with Crippen LogP contribution in [0.1, 0.15) is 16.9 Å². The lowest BCUT2D eigenvalue weighted by Crippen LogP contribution is -2.30. The van der Waals surface area contributed by atoms with E-state index < -0.39 is 5.97 Å². The fraction of sp³-hybridized carbons (Fsp3) is 0.417. The van der Waals surface area contributed by atoms with Gasteiger partial charge in [-0.1, -0.05) is 0 Å². The number of hydrogen-bond acceptors (Lipinski definition) is 6. The van der Waals surface area contributed by atoms with Crippen LogP contribution in [-0.4, -0.2) is 43.7 Å². The maximum atomic E-state index is 11.5. The molecule has 0 aliphatic heterocycles. The van der Waals surface area contributed by atoms with Crippen LogP contribution in [0.3, 0.4) is 0 Å². The second-order valence-corrected chi connectivity index (χ2v) is 3.75. The summed E-state index contributed by atoms with van der Waals surface area (Å²) in [6.45, 7) is 0.706. The lowest BCUT2D eigenvalue weighted by Gasteiger charge is -2.06. The molecule has 1 amide bonds. The zero-order valence-corrected chi connectivity index (χ0v) is 10.7. The van der Waals surface area contributed by atoms with Gasteiger partial charge in [0.15, 0.2) is 6.61 Å². The molecule has 0 unspecified atom stereocenters. The highest BCUT2D eigenvalue weighted by Crippen LogP contribution is 2.02. The SMILES string of the molecule is COCCCNC(=O)COC(=O)c1ccc(N)cn1. The molecule has 1 rings (SSSR count). The van der Waals surface area contributed by atoms with Crippen LogP contribution in [0.15, 0.2) is 18.3 Å². The standard InChI is InChI=1S/C12H17N3O4/c1-18-6-2-5-14-11(16)8-19-12(17)10-4-3-9(13)7-15-10/h3-4,7H,2,5-6,8,13H2,1H3,(H,14,16). The Labute approximate surface area is 111 Å². The summed E-state index contributed by atoms with van der Waals surface area (Å²) < 4.78 is 9.64. The largest absolute Gasteiger partial charge is 0.451 e. The molecule has 1 aromatic heterocycles. The minimum atomic E-state index is -0.660. The summed E-state index contributed by atoms with van der Waals surface area (Å²) >= 11 is 0. The molecule has 0 spiro atoms. The Kier molecular flexibility index (Phi) is 6.31. The van der Waals surface area contributed by atoms with Crippen molar-refractivity contribution in [3.05, 3.63) is 24.0 Å². The van der Waals surface area contributed by atoms with E-state index in [0.717, 1.165) is 0 Å². The van der Waals surface area contributed by atoms with E-state index >= 15 is 0 Å². The van der Waals surface area contributed by atoms with Gasteiger partial charge >= 0.3 is 5.97 Å². The topological polar surface area (TPSA) is 104 Å². The summed E-state index contributed by atoms with van der Waals surface area (Å²) in [5, 5.41) is 2.60. The van der Waals surface area contributed by atoms with Gasteiger partial charge in [0.25, 0.3) is 5.91 Å². The molecule has 0 saturated heterocycles. The van der Waals surface area contributed by atoms with Gasteiger partial charge < -0.3 is 20.5 Å². The zero-order valence-electron chi connectivity index (χ0n) is 10.7. The summed E-state index contributed by atoms with van der Waals surface area (Å²) in [7, 11) is 1.59. The second-order valence-electron chi connectivity index (χ2n) is 3.75. The van der Waals surface area contributed by atoms with Gasteiger partial charge in [0.2, 0.25) is 0 Å². The quantitative estimate of drug-likeness (QED) is 0.531. The van der Waals surface area contributed by atoms with Crippen LogP contribution in [0.4, 0.5) is 5.69 Å². The molecule has 0 radical (unpaired) electrons. The summed E-state index contributed by atoms with van der Waals surface area (Å²) in [5.74, 6) is -1.02. The van der Waals surface area contributed by atoms with Gasteiger partial charge in [-0.05, 0) is 18.6 Å². The van der Waals surface area contributed by atoms with Crippen molar-refractivity contribution >= 4 is 17.6 Å². The van der Waals surface area contributed by atoms with E-state index in [4.69, 9.17) is 15.2 Å². The maximum Gasteiger partial charge on any atom is 0.357 e. The normalized spacial score (nSPS) is 9.95. The smallest absolute Gasteiger partial charge is 0.357 e. The van der Waals surface area contributed by atoms with Crippen molar-refractivity contribution in [3.63, 3.8) is 0 Å². The van der Waals surface area contributed by atoms with Gasteiger partial charge in [-0.3, -0.25) is 4.79 Å². The van der Waals surface area contributed by atoms with Gasteiger partial charge in [0, 0.05) is 20.3 Å². The predicted molar refractivity (Wildman–Crippen MR) is 68.4 cm³/mol. The molecule has 0 bridgehead atoms. The number of carbonyl (C=O) groups is 2. The van der Waals surface area contributed by atoms with Crippen molar-refractivity contribution in [3.8, 4) is 0 Å². The van der Waals surface area contributed by atoms with E-state index in [1.807, 2.05) is 0 Å². The lowest BCUT2D eigenvalue weighted by molar-refractivity contribution is -0.124. The molecule has 19 heavy (non-hydrogen) atoms. The van der Waals surface area contributed by atoms with Crippen molar-refractivity contribution in [2.45, 2.75) is 6.42 Å². The van der Waals surface area contributed by atoms with Crippen molar-refractivity contribution in [2.24, 2.45) is 0 Å². The van der Waals surface area contributed by atoms with Crippen LogP contribution in [0.25, 0.3) is 0 Å². The highest BCUT2D eigenvalue weighted by Gasteiger charge is 2.10. The molecule has 0 aliphatic rings. The molecule has 0 aromatic carbocycles. The fourth-order valence-electron chi connectivity index (χ4n) is 1.23. The Bertz CT molecular complexity index is 419. The number of esters is 1.